The van der Waals surface area contributed by atoms with E-state index >= 15 is 0 Å². The Kier molecular flexibility index (Phi) is 3.88. The summed E-state index contributed by atoms with van der Waals surface area (Å²) in [6.07, 6.45) is 3.41. The van der Waals surface area contributed by atoms with Gasteiger partial charge in [-0.1, -0.05) is 18.2 Å². The Labute approximate surface area is 105 Å². The van der Waals surface area contributed by atoms with Crippen molar-refractivity contribution in [2.45, 2.75) is 6.54 Å². The van der Waals surface area contributed by atoms with Gasteiger partial charge in [-0.25, -0.2) is 0 Å². The molecule has 0 radical (unpaired) electrons. The van der Waals surface area contributed by atoms with Crippen molar-refractivity contribution in [3.63, 3.8) is 0 Å². The van der Waals surface area contributed by atoms with Gasteiger partial charge in [0, 0.05) is 18.9 Å². The molecule has 0 aliphatic heterocycles. The van der Waals surface area contributed by atoms with Gasteiger partial charge in [0.15, 0.2) is 0 Å². The van der Waals surface area contributed by atoms with Gasteiger partial charge < -0.3 is 10.7 Å². The van der Waals surface area contributed by atoms with Crippen molar-refractivity contribution in [1.82, 2.24) is 10.3 Å². The molecule has 0 atom stereocenters. The number of anilines is 1. The number of carbonyl (C=O) groups is 1. The van der Waals surface area contributed by atoms with Crippen LogP contribution in [-0.4, -0.2) is 10.9 Å². The summed E-state index contributed by atoms with van der Waals surface area (Å²) in [5, 5.41) is 2.82. The standard InChI is InChI=1S/C13H14N4O/c14-17-12-6-2-1-5-11(12)13(18)16-9-10-4-3-7-15-8-10/h1-8,17H,9,14H2,(H,16,18). The highest BCUT2D eigenvalue weighted by atomic mass is 16.1. The molecule has 1 aromatic carbocycles. The first-order valence-electron chi connectivity index (χ1n) is 5.54. The van der Waals surface area contributed by atoms with E-state index in [-0.39, 0.29) is 5.91 Å². The number of benzene rings is 1. The van der Waals surface area contributed by atoms with Crippen molar-refractivity contribution < 1.29 is 4.79 Å². The smallest absolute Gasteiger partial charge is 0.253 e. The van der Waals surface area contributed by atoms with Gasteiger partial charge in [0.1, 0.15) is 0 Å². The zero-order valence-electron chi connectivity index (χ0n) is 9.76. The summed E-state index contributed by atoms with van der Waals surface area (Å²) in [5.41, 5.74) is 4.57. The molecule has 92 valence electrons. The van der Waals surface area contributed by atoms with E-state index in [1.54, 1.807) is 30.6 Å². The zero-order valence-corrected chi connectivity index (χ0v) is 9.76. The molecule has 5 heteroatoms. The molecule has 1 amide bonds. The molecule has 0 bridgehead atoms. The van der Waals surface area contributed by atoms with Crippen LogP contribution in [0.2, 0.25) is 0 Å². The summed E-state index contributed by atoms with van der Waals surface area (Å²) in [7, 11) is 0. The molecule has 2 aromatic rings. The Morgan fingerprint density at radius 1 is 1.22 bits per heavy atom. The summed E-state index contributed by atoms with van der Waals surface area (Å²) in [4.78, 5) is 16.0. The number of aromatic nitrogens is 1. The van der Waals surface area contributed by atoms with Crippen LogP contribution in [0.5, 0.6) is 0 Å². The van der Waals surface area contributed by atoms with E-state index in [1.807, 2.05) is 18.2 Å². The summed E-state index contributed by atoms with van der Waals surface area (Å²) in [6.45, 7) is 0.436. The number of pyridine rings is 1. The Hall–Kier alpha value is -2.40. The van der Waals surface area contributed by atoms with Gasteiger partial charge >= 0.3 is 0 Å². The van der Waals surface area contributed by atoms with E-state index in [9.17, 15) is 4.79 Å². The fraction of sp³-hybridized carbons (Fsp3) is 0.0769. The first kappa shape index (κ1) is 12.1. The molecule has 0 aliphatic rings. The monoisotopic (exact) mass is 242 g/mol. The number of hydrazine groups is 1. The number of nitrogens with two attached hydrogens (primary N) is 1. The third kappa shape index (κ3) is 2.83. The molecule has 18 heavy (non-hydrogen) atoms. The van der Waals surface area contributed by atoms with E-state index in [4.69, 9.17) is 5.84 Å². The summed E-state index contributed by atoms with van der Waals surface area (Å²) >= 11 is 0. The topological polar surface area (TPSA) is 80.0 Å². The van der Waals surface area contributed by atoms with Crippen LogP contribution in [0.4, 0.5) is 5.69 Å². The van der Waals surface area contributed by atoms with Gasteiger partial charge in [0.2, 0.25) is 0 Å². The Morgan fingerprint density at radius 2 is 2.06 bits per heavy atom. The third-order valence-corrected chi connectivity index (χ3v) is 2.50. The van der Waals surface area contributed by atoms with Gasteiger partial charge in [0.25, 0.3) is 5.91 Å². The molecule has 0 aliphatic carbocycles. The van der Waals surface area contributed by atoms with Crippen LogP contribution < -0.4 is 16.6 Å². The number of carbonyl (C=O) groups excluding carboxylic acids is 1. The average Bonchev–Trinajstić information content (AvgIpc) is 2.45. The van der Waals surface area contributed by atoms with E-state index < -0.39 is 0 Å². The summed E-state index contributed by atoms with van der Waals surface area (Å²) in [5.74, 6) is 5.18. The molecule has 4 N–H and O–H groups in total. The van der Waals surface area contributed by atoms with Crippen molar-refractivity contribution in [2.75, 3.05) is 5.43 Å². The van der Waals surface area contributed by atoms with E-state index in [1.165, 1.54) is 0 Å². The number of nitrogens with zero attached hydrogens (tertiary/aromatic N) is 1. The normalized spacial score (nSPS) is 9.83. The van der Waals surface area contributed by atoms with E-state index in [0.29, 0.717) is 17.8 Å². The fourth-order valence-electron chi connectivity index (χ4n) is 1.59. The molecule has 2 rings (SSSR count). The lowest BCUT2D eigenvalue weighted by molar-refractivity contribution is 0.0951. The van der Waals surface area contributed by atoms with Gasteiger partial charge in [-0.3, -0.25) is 15.6 Å². The number of para-hydroxylation sites is 1. The first-order valence-corrected chi connectivity index (χ1v) is 5.54. The van der Waals surface area contributed by atoms with Gasteiger partial charge in [-0.2, -0.15) is 0 Å². The predicted molar refractivity (Wildman–Crippen MR) is 69.7 cm³/mol. The van der Waals surface area contributed by atoms with Gasteiger partial charge in [-0.15, -0.1) is 0 Å². The predicted octanol–water partition coefficient (Wildman–Crippen LogP) is 1.30. The van der Waals surface area contributed by atoms with Crippen LogP contribution in [0, 0.1) is 0 Å². The van der Waals surface area contributed by atoms with Crippen LogP contribution in [-0.2, 0) is 6.54 Å². The quantitative estimate of drug-likeness (QED) is 0.557. The molecule has 0 unspecified atom stereocenters. The number of rotatable bonds is 4. The van der Waals surface area contributed by atoms with Crippen LogP contribution in [0.15, 0.2) is 48.8 Å². The second-order valence-corrected chi connectivity index (χ2v) is 3.73. The summed E-state index contributed by atoms with van der Waals surface area (Å²) in [6, 6.07) is 10.8. The number of hydrogen-bond acceptors (Lipinski definition) is 4. The van der Waals surface area contributed by atoms with Crippen LogP contribution in [0.25, 0.3) is 0 Å². The number of nitrogen functional groups attached to an aromatic ring is 1. The van der Waals surface area contributed by atoms with Crippen LogP contribution >= 0.6 is 0 Å². The van der Waals surface area contributed by atoms with Gasteiger partial charge in [0.05, 0.1) is 11.3 Å². The lowest BCUT2D eigenvalue weighted by atomic mass is 10.1. The highest BCUT2D eigenvalue weighted by molar-refractivity contribution is 5.99. The SMILES string of the molecule is NNc1ccccc1C(=O)NCc1cccnc1. The first-order chi connectivity index (χ1) is 8.81. The minimum absolute atomic E-state index is 0.174. The molecule has 0 fully saturated rings. The van der Waals surface area contributed by atoms with E-state index in [2.05, 4.69) is 15.7 Å². The molecule has 1 heterocycles. The van der Waals surface area contributed by atoms with Gasteiger partial charge in [-0.05, 0) is 23.8 Å². The average molecular weight is 242 g/mol. The van der Waals surface area contributed by atoms with Crippen molar-refractivity contribution in [3.8, 4) is 0 Å². The molecule has 0 saturated heterocycles. The highest BCUT2D eigenvalue weighted by Gasteiger charge is 2.09. The molecule has 0 spiro atoms. The Balaban J connectivity index is 2.04. The Morgan fingerprint density at radius 3 is 2.78 bits per heavy atom. The minimum atomic E-state index is -0.174. The minimum Gasteiger partial charge on any atom is -0.348 e. The maximum atomic E-state index is 12.0. The lowest BCUT2D eigenvalue weighted by Gasteiger charge is -2.09. The Bertz CT molecular complexity index is 528. The van der Waals surface area contributed by atoms with Crippen LogP contribution in [0.3, 0.4) is 0 Å². The van der Waals surface area contributed by atoms with E-state index in [0.717, 1.165) is 5.56 Å². The van der Waals surface area contributed by atoms with Crippen molar-refractivity contribution in [3.05, 3.63) is 59.9 Å². The summed E-state index contributed by atoms with van der Waals surface area (Å²) < 4.78 is 0. The maximum Gasteiger partial charge on any atom is 0.253 e. The molecule has 5 nitrogen and oxygen atoms in total. The lowest BCUT2D eigenvalue weighted by Crippen LogP contribution is -2.24. The number of nitrogens with one attached hydrogen (secondary N) is 2. The van der Waals surface area contributed by atoms with Crippen LogP contribution in [0.1, 0.15) is 15.9 Å². The fourth-order valence-corrected chi connectivity index (χ4v) is 1.59. The zero-order chi connectivity index (χ0) is 12.8. The van der Waals surface area contributed by atoms with Crippen molar-refractivity contribution >= 4 is 11.6 Å². The highest BCUT2D eigenvalue weighted by Crippen LogP contribution is 2.13. The largest absolute Gasteiger partial charge is 0.348 e. The second-order valence-electron chi connectivity index (χ2n) is 3.73. The second kappa shape index (κ2) is 5.79. The van der Waals surface area contributed by atoms with Crippen molar-refractivity contribution in [2.24, 2.45) is 5.84 Å². The molecule has 1 aromatic heterocycles. The molecular weight excluding hydrogens is 228 g/mol. The molecule has 0 saturated carbocycles. The maximum absolute atomic E-state index is 12.0. The van der Waals surface area contributed by atoms with Crippen molar-refractivity contribution in [1.29, 1.82) is 0 Å². The molecular formula is C13H14N4O. The number of amides is 1. The third-order valence-electron chi connectivity index (χ3n) is 2.50. The number of hydrogen-bond donors (Lipinski definition) is 3.